The Morgan fingerprint density at radius 2 is 1.74 bits per heavy atom. The van der Waals surface area contributed by atoms with Crippen LogP contribution in [0.3, 0.4) is 0 Å². The van der Waals surface area contributed by atoms with Crippen LogP contribution >= 0.6 is 0 Å². The standard InChI is InChI=1S/C30H32F3N3O3/c1-3-29(4-2)18-35(16-19-5-8-22(9-6-19)30(31,32)33)14-13-24(29)20-7-10-23-21(15-20)17-36(28(23)39)25-11-12-26(37)34-27(25)38/h5-10,13,15,25H,3-4,11-12,14,16-18H2,1-2H3,(H,34,37,38). The summed E-state index contributed by atoms with van der Waals surface area (Å²) < 4.78 is 38.9. The molecule has 3 aliphatic rings. The predicted octanol–water partition coefficient (Wildman–Crippen LogP) is 5.17. The van der Waals surface area contributed by atoms with Crippen LogP contribution in [0, 0.1) is 5.41 Å². The van der Waals surface area contributed by atoms with Gasteiger partial charge < -0.3 is 4.90 Å². The number of benzene rings is 2. The van der Waals surface area contributed by atoms with E-state index >= 15 is 0 Å². The molecule has 2 aromatic rings. The molecule has 1 N–H and O–H groups in total. The molecule has 1 unspecified atom stereocenters. The third-order valence-corrected chi connectivity index (χ3v) is 8.53. The number of fused-ring (bicyclic) bond motifs is 1. The summed E-state index contributed by atoms with van der Waals surface area (Å²) in [6.07, 6.45) is 0.172. The van der Waals surface area contributed by atoms with Crippen LogP contribution in [0.15, 0.2) is 48.5 Å². The van der Waals surface area contributed by atoms with Crippen molar-refractivity contribution in [2.75, 3.05) is 13.1 Å². The molecule has 1 fully saturated rings. The van der Waals surface area contributed by atoms with Gasteiger partial charge in [-0.2, -0.15) is 13.2 Å². The first-order valence-electron chi connectivity index (χ1n) is 13.4. The number of piperidine rings is 1. The van der Waals surface area contributed by atoms with Gasteiger partial charge in [0.1, 0.15) is 6.04 Å². The molecule has 0 saturated carbocycles. The maximum absolute atomic E-state index is 13.1. The maximum atomic E-state index is 13.1. The average Bonchev–Trinajstić information content (AvgIpc) is 3.23. The molecular formula is C30H32F3N3O3. The number of halogens is 3. The van der Waals surface area contributed by atoms with Gasteiger partial charge in [-0.15, -0.1) is 0 Å². The molecule has 3 heterocycles. The Kier molecular flexibility index (Phi) is 7.13. The van der Waals surface area contributed by atoms with Gasteiger partial charge in [0, 0.05) is 43.6 Å². The van der Waals surface area contributed by atoms with Crippen LogP contribution in [0.25, 0.3) is 5.57 Å². The molecule has 0 spiro atoms. The van der Waals surface area contributed by atoms with E-state index in [-0.39, 0.29) is 23.7 Å². The molecule has 3 aliphatic heterocycles. The summed E-state index contributed by atoms with van der Waals surface area (Å²) >= 11 is 0. The van der Waals surface area contributed by atoms with Crippen molar-refractivity contribution in [3.05, 3.63) is 76.4 Å². The molecular weight excluding hydrogens is 507 g/mol. The SMILES string of the molecule is CCC1(CC)CN(Cc2ccc(C(F)(F)F)cc2)CC=C1c1ccc2c(c1)CN(C1CCC(=O)NC1=O)C2=O. The minimum absolute atomic E-state index is 0.148. The zero-order valence-corrected chi connectivity index (χ0v) is 22.1. The lowest BCUT2D eigenvalue weighted by Gasteiger charge is -2.43. The lowest BCUT2D eigenvalue weighted by Crippen LogP contribution is -2.52. The van der Waals surface area contributed by atoms with Gasteiger partial charge in [0.05, 0.1) is 5.56 Å². The molecule has 3 amide bonds. The van der Waals surface area contributed by atoms with E-state index in [0.717, 1.165) is 48.2 Å². The Morgan fingerprint density at radius 1 is 1.03 bits per heavy atom. The van der Waals surface area contributed by atoms with Crippen molar-refractivity contribution in [2.45, 2.75) is 64.8 Å². The maximum Gasteiger partial charge on any atom is 0.416 e. The monoisotopic (exact) mass is 539 g/mol. The lowest BCUT2D eigenvalue weighted by atomic mass is 9.70. The number of carbonyl (C=O) groups excluding carboxylic acids is 3. The number of nitrogens with one attached hydrogen (secondary N) is 1. The van der Waals surface area contributed by atoms with Crippen LogP contribution in [-0.2, 0) is 28.9 Å². The summed E-state index contributed by atoms with van der Waals surface area (Å²) in [6.45, 7) is 6.62. The van der Waals surface area contributed by atoms with Crippen LogP contribution in [-0.4, -0.2) is 46.7 Å². The summed E-state index contributed by atoms with van der Waals surface area (Å²) in [5, 5.41) is 2.34. The Morgan fingerprint density at radius 3 is 2.38 bits per heavy atom. The van der Waals surface area contributed by atoms with E-state index in [1.54, 1.807) is 17.0 Å². The van der Waals surface area contributed by atoms with Gasteiger partial charge in [-0.1, -0.05) is 38.1 Å². The topological polar surface area (TPSA) is 69.7 Å². The van der Waals surface area contributed by atoms with Gasteiger partial charge in [0.2, 0.25) is 11.8 Å². The number of carbonyl (C=O) groups is 3. The molecule has 1 saturated heterocycles. The fourth-order valence-electron chi connectivity index (χ4n) is 6.21. The van der Waals surface area contributed by atoms with Crippen LogP contribution in [0.4, 0.5) is 13.2 Å². The molecule has 0 aromatic heterocycles. The van der Waals surface area contributed by atoms with Crippen LogP contribution in [0.1, 0.15) is 72.1 Å². The first kappa shape index (κ1) is 27.1. The summed E-state index contributed by atoms with van der Waals surface area (Å²) in [7, 11) is 0. The van der Waals surface area contributed by atoms with E-state index in [0.29, 0.717) is 31.6 Å². The first-order valence-corrected chi connectivity index (χ1v) is 13.4. The Balaban J connectivity index is 1.36. The number of amides is 3. The smallest absolute Gasteiger partial charge is 0.322 e. The molecule has 5 rings (SSSR count). The lowest BCUT2D eigenvalue weighted by molar-refractivity contribution is -0.138. The molecule has 9 heteroatoms. The van der Waals surface area contributed by atoms with E-state index in [1.807, 2.05) is 12.1 Å². The predicted molar refractivity (Wildman–Crippen MR) is 140 cm³/mol. The second kappa shape index (κ2) is 10.3. The van der Waals surface area contributed by atoms with Gasteiger partial charge in [0.15, 0.2) is 0 Å². The summed E-state index contributed by atoms with van der Waals surface area (Å²) in [6, 6.07) is 10.6. The molecule has 0 aliphatic carbocycles. The van der Waals surface area contributed by atoms with Crippen molar-refractivity contribution < 1.29 is 27.6 Å². The minimum atomic E-state index is -4.35. The second-order valence-electron chi connectivity index (χ2n) is 10.7. The first-order chi connectivity index (χ1) is 18.5. The Hall–Kier alpha value is -3.46. The molecule has 0 bridgehead atoms. The van der Waals surface area contributed by atoms with Crippen molar-refractivity contribution in [2.24, 2.45) is 5.41 Å². The van der Waals surface area contributed by atoms with E-state index in [9.17, 15) is 27.6 Å². The Bertz CT molecular complexity index is 1330. The number of imide groups is 1. The molecule has 6 nitrogen and oxygen atoms in total. The fourth-order valence-corrected chi connectivity index (χ4v) is 6.21. The fraction of sp³-hybridized carbons (Fsp3) is 0.433. The number of rotatable bonds is 6. The highest BCUT2D eigenvalue weighted by Gasteiger charge is 2.41. The van der Waals surface area contributed by atoms with Crippen LogP contribution in [0.5, 0.6) is 0 Å². The average molecular weight is 540 g/mol. The van der Waals surface area contributed by atoms with Gasteiger partial charge in [-0.05, 0) is 65.8 Å². The van der Waals surface area contributed by atoms with E-state index in [4.69, 9.17) is 0 Å². The molecule has 2 aromatic carbocycles. The second-order valence-corrected chi connectivity index (χ2v) is 10.7. The van der Waals surface area contributed by atoms with E-state index in [2.05, 4.69) is 36.2 Å². The van der Waals surface area contributed by atoms with Crippen molar-refractivity contribution in [1.82, 2.24) is 15.1 Å². The quantitative estimate of drug-likeness (QED) is 0.515. The van der Waals surface area contributed by atoms with Gasteiger partial charge in [-0.3, -0.25) is 24.6 Å². The number of alkyl halides is 3. The van der Waals surface area contributed by atoms with E-state index in [1.165, 1.54) is 5.57 Å². The van der Waals surface area contributed by atoms with Gasteiger partial charge >= 0.3 is 6.18 Å². The molecule has 206 valence electrons. The summed E-state index contributed by atoms with van der Waals surface area (Å²) in [4.78, 5) is 40.9. The normalized spacial score (nSPS) is 21.6. The highest BCUT2D eigenvalue weighted by Crippen LogP contribution is 2.45. The van der Waals surface area contributed by atoms with Crippen molar-refractivity contribution in [3.8, 4) is 0 Å². The molecule has 0 radical (unpaired) electrons. The largest absolute Gasteiger partial charge is 0.416 e. The third-order valence-electron chi connectivity index (χ3n) is 8.53. The number of hydrogen-bond donors (Lipinski definition) is 1. The third kappa shape index (κ3) is 5.12. The van der Waals surface area contributed by atoms with Gasteiger partial charge in [0.25, 0.3) is 5.91 Å². The summed E-state index contributed by atoms with van der Waals surface area (Å²) in [5.74, 6) is -0.926. The highest BCUT2D eigenvalue weighted by atomic mass is 19.4. The van der Waals surface area contributed by atoms with Crippen molar-refractivity contribution in [1.29, 1.82) is 0 Å². The van der Waals surface area contributed by atoms with Crippen LogP contribution in [0.2, 0.25) is 0 Å². The minimum Gasteiger partial charge on any atom is -0.322 e. The van der Waals surface area contributed by atoms with Gasteiger partial charge in [-0.25, -0.2) is 0 Å². The Labute approximate surface area is 225 Å². The number of hydrogen-bond acceptors (Lipinski definition) is 4. The van der Waals surface area contributed by atoms with E-state index < -0.39 is 23.7 Å². The van der Waals surface area contributed by atoms with Crippen LogP contribution < -0.4 is 5.32 Å². The zero-order valence-electron chi connectivity index (χ0n) is 22.1. The van der Waals surface area contributed by atoms with Crippen molar-refractivity contribution in [3.63, 3.8) is 0 Å². The highest BCUT2D eigenvalue weighted by molar-refractivity contribution is 6.05. The molecule has 1 atom stereocenters. The van der Waals surface area contributed by atoms with Crippen molar-refractivity contribution >= 4 is 23.3 Å². The zero-order chi connectivity index (χ0) is 27.9. The number of nitrogens with zero attached hydrogens (tertiary/aromatic N) is 2. The summed E-state index contributed by atoms with van der Waals surface area (Å²) in [5.41, 5.74) is 3.76. The molecule has 39 heavy (non-hydrogen) atoms.